The number of hydrogen-bond acceptors (Lipinski definition) is 4. The molecule has 23 heavy (non-hydrogen) atoms. The van der Waals surface area contributed by atoms with Crippen molar-refractivity contribution in [3.63, 3.8) is 0 Å². The lowest BCUT2D eigenvalue weighted by atomic mass is 10.1. The van der Waals surface area contributed by atoms with E-state index < -0.39 is 0 Å². The van der Waals surface area contributed by atoms with Crippen molar-refractivity contribution in [1.82, 2.24) is 9.55 Å². The Labute approximate surface area is 148 Å². The molecule has 0 saturated carbocycles. The Hall–Kier alpha value is -1.63. The number of nitrogens with zero attached hydrogens (tertiary/aromatic N) is 2. The summed E-state index contributed by atoms with van der Waals surface area (Å²) in [5.74, 6) is 0. The second kappa shape index (κ2) is 7.29. The highest BCUT2D eigenvalue weighted by atomic mass is 79.9. The Morgan fingerprint density at radius 3 is 2.78 bits per heavy atom. The van der Waals surface area contributed by atoms with Gasteiger partial charge in [0.1, 0.15) is 4.60 Å². The van der Waals surface area contributed by atoms with Crippen molar-refractivity contribution in [2.45, 2.75) is 12.5 Å². The second-order valence-electron chi connectivity index (χ2n) is 5.46. The molecule has 2 aromatic heterocycles. The van der Waals surface area contributed by atoms with Crippen LogP contribution < -0.4 is 11.1 Å². The lowest BCUT2D eigenvalue weighted by Gasteiger charge is -2.16. The molecule has 0 aliphatic carbocycles. The molecular weight excluding hydrogens is 372 g/mol. The first-order valence-electron chi connectivity index (χ1n) is 7.43. The predicted octanol–water partition coefficient (Wildman–Crippen LogP) is 3.89. The quantitative estimate of drug-likeness (QED) is 0.670. The SMILES string of the molecule is Cn1cnc(Br)c1-c1csc(NC(CN)Cc2ccccc2)c1. The van der Waals surface area contributed by atoms with E-state index in [9.17, 15) is 0 Å². The minimum absolute atomic E-state index is 0.221. The van der Waals surface area contributed by atoms with Crippen LogP contribution in [0.15, 0.2) is 52.7 Å². The zero-order valence-electron chi connectivity index (χ0n) is 12.9. The predicted molar refractivity (Wildman–Crippen MR) is 101 cm³/mol. The Morgan fingerprint density at radius 1 is 1.35 bits per heavy atom. The summed E-state index contributed by atoms with van der Waals surface area (Å²) < 4.78 is 2.88. The maximum absolute atomic E-state index is 5.94. The molecule has 2 heterocycles. The van der Waals surface area contributed by atoms with E-state index >= 15 is 0 Å². The highest BCUT2D eigenvalue weighted by Gasteiger charge is 2.13. The van der Waals surface area contributed by atoms with Gasteiger partial charge in [0.05, 0.1) is 17.0 Å². The van der Waals surface area contributed by atoms with Gasteiger partial charge in [0.25, 0.3) is 0 Å². The van der Waals surface area contributed by atoms with Gasteiger partial charge < -0.3 is 15.6 Å². The molecule has 0 radical (unpaired) electrons. The third-order valence-electron chi connectivity index (χ3n) is 3.72. The third kappa shape index (κ3) is 3.83. The lowest BCUT2D eigenvalue weighted by Crippen LogP contribution is -2.30. The van der Waals surface area contributed by atoms with Crippen molar-refractivity contribution in [2.75, 3.05) is 11.9 Å². The fourth-order valence-electron chi connectivity index (χ4n) is 2.55. The van der Waals surface area contributed by atoms with E-state index in [-0.39, 0.29) is 6.04 Å². The molecule has 120 valence electrons. The molecule has 1 aromatic carbocycles. The Bertz CT molecular complexity index is 747. The number of aryl methyl sites for hydroxylation is 1. The first-order valence-corrected chi connectivity index (χ1v) is 9.11. The lowest BCUT2D eigenvalue weighted by molar-refractivity contribution is 0.726. The third-order valence-corrected chi connectivity index (χ3v) is 5.16. The fourth-order valence-corrected chi connectivity index (χ4v) is 4.02. The van der Waals surface area contributed by atoms with Crippen LogP contribution in [0.3, 0.4) is 0 Å². The number of rotatable bonds is 6. The number of halogens is 1. The summed E-state index contributed by atoms with van der Waals surface area (Å²) in [5, 5.41) is 6.81. The Balaban J connectivity index is 1.73. The molecule has 3 aromatic rings. The molecule has 0 spiro atoms. The van der Waals surface area contributed by atoms with Crippen LogP contribution in [0.5, 0.6) is 0 Å². The van der Waals surface area contributed by atoms with E-state index in [0.29, 0.717) is 6.54 Å². The Kier molecular flexibility index (Phi) is 5.15. The van der Waals surface area contributed by atoms with Gasteiger partial charge in [0.15, 0.2) is 0 Å². The van der Waals surface area contributed by atoms with E-state index in [4.69, 9.17) is 5.73 Å². The fraction of sp³-hybridized carbons (Fsp3) is 0.235. The summed E-state index contributed by atoms with van der Waals surface area (Å²) in [4.78, 5) is 4.28. The van der Waals surface area contributed by atoms with Gasteiger partial charge in [-0.3, -0.25) is 0 Å². The van der Waals surface area contributed by atoms with Crippen LogP contribution >= 0.6 is 27.3 Å². The molecule has 0 fully saturated rings. The molecule has 0 saturated heterocycles. The molecule has 0 aliphatic rings. The largest absolute Gasteiger partial charge is 0.373 e. The van der Waals surface area contributed by atoms with Gasteiger partial charge in [-0.1, -0.05) is 30.3 Å². The zero-order chi connectivity index (χ0) is 16.2. The summed E-state index contributed by atoms with van der Waals surface area (Å²) in [6.45, 7) is 0.595. The van der Waals surface area contributed by atoms with Gasteiger partial charge in [-0.15, -0.1) is 11.3 Å². The number of nitrogens with two attached hydrogens (primary N) is 1. The summed E-state index contributed by atoms with van der Waals surface area (Å²) in [7, 11) is 2.00. The highest BCUT2D eigenvalue weighted by Crippen LogP contribution is 2.33. The van der Waals surface area contributed by atoms with Gasteiger partial charge in [-0.05, 0) is 34.0 Å². The van der Waals surface area contributed by atoms with Gasteiger partial charge in [-0.25, -0.2) is 4.98 Å². The Morgan fingerprint density at radius 2 is 2.13 bits per heavy atom. The molecule has 0 bridgehead atoms. The minimum atomic E-state index is 0.221. The van der Waals surface area contributed by atoms with E-state index in [0.717, 1.165) is 27.3 Å². The summed E-state index contributed by atoms with van der Waals surface area (Å²) in [6.07, 6.45) is 2.72. The van der Waals surface area contributed by atoms with E-state index in [2.05, 4.69) is 61.9 Å². The van der Waals surface area contributed by atoms with Gasteiger partial charge >= 0.3 is 0 Å². The number of aromatic nitrogens is 2. The van der Waals surface area contributed by atoms with Crippen LogP contribution in [0.25, 0.3) is 11.3 Å². The van der Waals surface area contributed by atoms with Crippen molar-refractivity contribution in [2.24, 2.45) is 12.8 Å². The maximum Gasteiger partial charge on any atom is 0.132 e. The average Bonchev–Trinajstić information content (AvgIpc) is 3.14. The minimum Gasteiger partial charge on any atom is -0.373 e. The molecule has 0 aliphatic heterocycles. The molecule has 1 atom stereocenters. The van der Waals surface area contributed by atoms with Gasteiger partial charge in [-0.2, -0.15) is 0 Å². The molecule has 4 nitrogen and oxygen atoms in total. The molecule has 1 unspecified atom stereocenters. The normalized spacial score (nSPS) is 12.3. The van der Waals surface area contributed by atoms with Crippen LogP contribution in [0.1, 0.15) is 5.56 Å². The maximum atomic E-state index is 5.94. The number of imidazole rings is 1. The van der Waals surface area contributed by atoms with Gasteiger partial charge in [0, 0.05) is 30.6 Å². The number of anilines is 1. The van der Waals surface area contributed by atoms with Crippen LogP contribution in [0.4, 0.5) is 5.00 Å². The first-order chi connectivity index (χ1) is 11.2. The van der Waals surface area contributed by atoms with Crippen LogP contribution in [-0.2, 0) is 13.5 Å². The topological polar surface area (TPSA) is 55.9 Å². The molecule has 0 amide bonds. The standard InChI is InChI=1S/C17H19BrN4S/c1-22-11-20-17(18)16(22)13-8-15(23-10-13)21-14(9-19)7-12-5-3-2-4-6-12/h2-6,8,10-11,14,21H,7,9,19H2,1H3. The van der Waals surface area contributed by atoms with Gasteiger partial charge in [0.2, 0.25) is 0 Å². The molecular formula is C17H19BrN4S. The number of hydrogen-bond donors (Lipinski definition) is 2. The van der Waals surface area contributed by atoms with E-state index in [1.165, 1.54) is 5.56 Å². The average molecular weight is 391 g/mol. The number of nitrogens with one attached hydrogen (secondary N) is 1. The number of benzene rings is 1. The highest BCUT2D eigenvalue weighted by molar-refractivity contribution is 9.10. The molecule has 3 rings (SSSR count). The van der Waals surface area contributed by atoms with Crippen molar-refractivity contribution >= 4 is 32.3 Å². The van der Waals surface area contributed by atoms with Crippen LogP contribution in [0.2, 0.25) is 0 Å². The first kappa shape index (κ1) is 16.2. The summed E-state index contributed by atoms with van der Waals surface area (Å²) in [6, 6.07) is 12.8. The van der Waals surface area contributed by atoms with Crippen molar-refractivity contribution in [3.8, 4) is 11.3 Å². The van der Waals surface area contributed by atoms with Crippen molar-refractivity contribution in [3.05, 3.63) is 58.3 Å². The summed E-state index contributed by atoms with van der Waals surface area (Å²) >= 11 is 5.19. The smallest absolute Gasteiger partial charge is 0.132 e. The molecule has 3 N–H and O–H groups in total. The number of thiophene rings is 1. The molecule has 6 heteroatoms. The van der Waals surface area contributed by atoms with Crippen molar-refractivity contribution < 1.29 is 0 Å². The van der Waals surface area contributed by atoms with Crippen LogP contribution in [0, 0.1) is 0 Å². The van der Waals surface area contributed by atoms with E-state index in [1.807, 2.05) is 24.0 Å². The summed E-state index contributed by atoms with van der Waals surface area (Å²) in [5.41, 5.74) is 9.47. The zero-order valence-corrected chi connectivity index (χ0v) is 15.3. The van der Waals surface area contributed by atoms with Crippen molar-refractivity contribution in [1.29, 1.82) is 0 Å². The second-order valence-corrected chi connectivity index (χ2v) is 7.12. The van der Waals surface area contributed by atoms with Crippen LogP contribution in [-0.4, -0.2) is 22.1 Å². The monoisotopic (exact) mass is 390 g/mol. The van der Waals surface area contributed by atoms with E-state index in [1.54, 1.807) is 11.3 Å².